The Morgan fingerprint density at radius 2 is 1.61 bits per heavy atom. The second-order valence-electron chi connectivity index (χ2n) is 13.5. The largest absolute Gasteiger partial charge is 0.454 e. The molecule has 2 saturated heterocycles. The first-order valence-corrected chi connectivity index (χ1v) is 18.6. The average Bonchev–Trinajstić information content (AvgIpc) is 3.39. The predicted molar refractivity (Wildman–Crippen MR) is 155 cm³/mol. The highest BCUT2D eigenvalue weighted by Crippen LogP contribution is 2.51. The lowest BCUT2D eigenvalue weighted by atomic mass is 9.87. The third-order valence-electron chi connectivity index (χ3n) is 9.02. The highest BCUT2D eigenvalue weighted by Gasteiger charge is 2.69. The molecule has 4 aliphatic rings. The molecule has 2 aromatic carbocycles. The van der Waals surface area contributed by atoms with Crippen LogP contribution in [0.5, 0.6) is 11.5 Å². The molecular formula is C30H41NO8SSi. The lowest BCUT2D eigenvalue weighted by Crippen LogP contribution is -2.62. The summed E-state index contributed by atoms with van der Waals surface area (Å²) in [5.41, 5.74) is 1.76. The lowest BCUT2D eigenvalue weighted by molar-refractivity contribution is -0.157. The first-order valence-electron chi connectivity index (χ1n) is 14.2. The Bertz CT molecular complexity index is 1420. The summed E-state index contributed by atoms with van der Waals surface area (Å²) >= 11 is 0. The van der Waals surface area contributed by atoms with Crippen molar-refractivity contribution < 1.29 is 36.5 Å². The number of nitrogens with zero attached hydrogens (tertiary/aromatic N) is 1. The zero-order valence-corrected chi connectivity index (χ0v) is 26.9. The summed E-state index contributed by atoms with van der Waals surface area (Å²) in [6.07, 6.45) is -2.10. The van der Waals surface area contributed by atoms with E-state index in [1.54, 1.807) is 12.1 Å². The highest BCUT2D eigenvalue weighted by atomic mass is 32.2. The van der Waals surface area contributed by atoms with Crippen LogP contribution in [0.25, 0.3) is 0 Å². The lowest BCUT2D eigenvalue weighted by Gasteiger charge is -2.44. The van der Waals surface area contributed by atoms with E-state index in [0.717, 1.165) is 11.1 Å². The van der Waals surface area contributed by atoms with Gasteiger partial charge in [-0.05, 0) is 68.7 Å². The molecule has 0 aromatic heterocycles. The zero-order chi connectivity index (χ0) is 29.5. The molecule has 1 aliphatic carbocycles. The minimum Gasteiger partial charge on any atom is -0.454 e. The molecule has 6 rings (SSSR count). The maximum atomic E-state index is 14.4. The predicted octanol–water partition coefficient (Wildman–Crippen LogP) is 4.97. The molecular weight excluding hydrogens is 562 g/mol. The summed E-state index contributed by atoms with van der Waals surface area (Å²) in [6.45, 7) is 16.9. The van der Waals surface area contributed by atoms with Gasteiger partial charge >= 0.3 is 0 Å². The van der Waals surface area contributed by atoms with E-state index in [1.165, 1.54) is 4.31 Å². The van der Waals surface area contributed by atoms with Crippen LogP contribution in [0.2, 0.25) is 18.1 Å². The summed E-state index contributed by atoms with van der Waals surface area (Å²) in [5, 5.41) is -0.0150. The quantitative estimate of drug-likeness (QED) is 0.323. The van der Waals surface area contributed by atoms with Crippen molar-refractivity contribution in [1.82, 2.24) is 4.31 Å². The number of aryl methyl sites for hydroxylation is 1. The van der Waals surface area contributed by atoms with E-state index in [9.17, 15) is 8.42 Å². The molecule has 0 amide bonds. The van der Waals surface area contributed by atoms with Gasteiger partial charge in [-0.2, -0.15) is 4.31 Å². The van der Waals surface area contributed by atoms with Crippen molar-refractivity contribution in [3.8, 4) is 11.5 Å². The fraction of sp³-hybridized carbons (Fsp3) is 0.600. The van der Waals surface area contributed by atoms with Gasteiger partial charge in [-0.3, -0.25) is 0 Å². The number of ether oxygens (including phenoxy) is 5. The fourth-order valence-electron chi connectivity index (χ4n) is 5.78. The molecule has 9 nitrogen and oxygen atoms in total. The molecule has 1 saturated carbocycles. The number of sulfonamides is 1. The summed E-state index contributed by atoms with van der Waals surface area (Å²) in [7, 11) is -6.18. The van der Waals surface area contributed by atoms with Crippen molar-refractivity contribution in [3.05, 3.63) is 53.6 Å². The van der Waals surface area contributed by atoms with Gasteiger partial charge in [-0.1, -0.05) is 44.5 Å². The van der Waals surface area contributed by atoms with Crippen LogP contribution in [-0.2, 0) is 35.2 Å². The van der Waals surface area contributed by atoms with Crippen LogP contribution in [-0.4, -0.2) is 70.2 Å². The number of epoxide rings is 1. The van der Waals surface area contributed by atoms with Crippen molar-refractivity contribution in [2.75, 3.05) is 6.79 Å². The topological polar surface area (TPSA) is 96.1 Å². The minimum absolute atomic E-state index is 0.0150. The molecule has 3 fully saturated rings. The van der Waals surface area contributed by atoms with E-state index in [-0.39, 0.29) is 35.5 Å². The molecule has 0 bridgehead atoms. The van der Waals surface area contributed by atoms with Crippen LogP contribution in [0.3, 0.4) is 0 Å². The van der Waals surface area contributed by atoms with Crippen molar-refractivity contribution in [3.63, 3.8) is 0 Å². The van der Waals surface area contributed by atoms with Crippen LogP contribution in [0.1, 0.15) is 45.7 Å². The first-order chi connectivity index (χ1) is 19.1. The molecule has 0 spiro atoms. The van der Waals surface area contributed by atoms with Crippen molar-refractivity contribution >= 4 is 18.3 Å². The van der Waals surface area contributed by atoms with Gasteiger partial charge in [0.25, 0.3) is 0 Å². The molecule has 3 heterocycles. The average molecular weight is 604 g/mol. The molecule has 0 unspecified atom stereocenters. The van der Waals surface area contributed by atoms with E-state index in [1.807, 2.05) is 51.1 Å². The Hall–Kier alpha value is -1.99. The summed E-state index contributed by atoms with van der Waals surface area (Å²) in [6, 6.07) is 11.8. The monoisotopic (exact) mass is 603 g/mol. The molecule has 41 heavy (non-hydrogen) atoms. The van der Waals surface area contributed by atoms with E-state index >= 15 is 0 Å². The summed E-state index contributed by atoms with van der Waals surface area (Å²) in [5.74, 6) is 0.337. The molecule has 0 N–H and O–H groups in total. The number of hydrogen-bond donors (Lipinski definition) is 0. The van der Waals surface area contributed by atoms with Crippen LogP contribution < -0.4 is 9.47 Å². The fourth-order valence-corrected chi connectivity index (χ4v) is 8.71. The number of fused-ring (bicyclic) bond motifs is 3. The zero-order valence-electron chi connectivity index (χ0n) is 25.0. The van der Waals surface area contributed by atoms with Crippen LogP contribution in [0.15, 0.2) is 47.4 Å². The highest BCUT2D eigenvalue weighted by molar-refractivity contribution is 7.89. The maximum Gasteiger partial charge on any atom is 0.243 e. The Balaban J connectivity index is 1.40. The van der Waals surface area contributed by atoms with Crippen molar-refractivity contribution in [2.45, 2.75) is 113 Å². The second-order valence-corrected chi connectivity index (χ2v) is 20.2. The number of rotatable bonds is 7. The summed E-state index contributed by atoms with van der Waals surface area (Å²) < 4.78 is 67.7. The van der Waals surface area contributed by atoms with Crippen molar-refractivity contribution in [1.29, 1.82) is 0 Å². The standard InChI is InChI=1S/C30H41NO8SSi/c1-18-9-12-20(13-10-18)40(32,33)31(16-19-11-14-21-22(15-19)35-17-34-21)23-24-26(36-24)28(39-41(7,8)29(2,3)4)27-25(23)37-30(5,6)38-27/h9-15,23-28H,16-17H2,1-8H3/t23-,24-,25+,26-,27+,28+/m1/s1. The van der Waals surface area contributed by atoms with Gasteiger partial charge < -0.3 is 28.1 Å². The van der Waals surface area contributed by atoms with E-state index < -0.39 is 48.5 Å². The van der Waals surface area contributed by atoms with E-state index in [4.69, 9.17) is 28.1 Å². The minimum atomic E-state index is -3.97. The van der Waals surface area contributed by atoms with Gasteiger partial charge in [0, 0.05) is 6.54 Å². The van der Waals surface area contributed by atoms with Gasteiger partial charge in [0.1, 0.15) is 30.5 Å². The van der Waals surface area contributed by atoms with Crippen LogP contribution in [0, 0.1) is 6.92 Å². The van der Waals surface area contributed by atoms with Crippen LogP contribution in [0.4, 0.5) is 0 Å². The smallest absolute Gasteiger partial charge is 0.243 e. The van der Waals surface area contributed by atoms with Gasteiger partial charge in [0.05, 0.1) is 10.9 Å². The third-order valence-corrected chi connectivity index (χ3v) is 15.3. The maximum absolute atomic E-state index is 14.4. The molecule has 6 atom stereocenters. The number of hydrogen-bond acceptors (Lipinski definition) is 8. The Labute approximate surface area is 244 Å². The van der Waals surface area contributed by atoms with Gasteiger partial charge in [-0.25, -0.2) is 8.42 Å². The van der Waals surface area contributed by atoms with Crippen LogP contribution >= 0.6 is 0 Å². The third kappa shape index (κ3) is 5.24. The first kappa shape index (κ1) is 29.1. The van der Waals surface area contributed by atoms with Gasteiger partial charge in [0.2, 0.25) is 16.8 Å². The Morgan fingerprint density at radius 3 is 2.29 bits per heavy atom. The molecule has 224 valence electrons. The van der Waals surface area contributed by atoms with E-state index in [2.05, 4.69) is 33.9 Å². The SMILES string of the molecule is Cc1ccc(S(=O)(=O)N(Cc2ccc3c(c2)OCO3)[C@H]2[C@@H]3OC(C)(C)O[C@@H]3[C@@H](O[Si](C)(C)C(C)(C)C)[C@@H]3O[C@@H]32)cc1. The molecule has 3 aliphatic heterocycles. The molecule has 11 heteroatoms. The van der Waals surface area contributed by atoms with Crippen molar-refractivity contribution in [2.24, 2.45) is 0 Å². The molecule has 2 aromatic rings. The second kappa shape index (κ2) is 9.77. The Kier molecular flexibility index (Phi) is 6.93. The normalized spacial score (nSPS) is 30.3. The number of benzene rings is 2. The summed E-state index contributed by atoms with van der Waals surface area (Å²) in [4.78, 5) is 0.218. The Morgan fingerprint density at radius 1 is 0.951 bits per heavy atom. The van der Waals surface area contributed by atoms with E-state index in [0.29, 0.717) is 11.5 Å². The van der Waals surface area contributed by atoms with Gasteiger partial charge in [0.15, 0.2) is 25.6 Å². The molecule has 0 radical (unpaired) electrons. The van der Waals surface area contributed by atoms with Gasteiger partial charge in [-0.15, -0.1) is 0 Å².